The zero-order valence-electron chi connectivity index (χ0n) is 9.59. The van der Waals surface area contributed by atoms with Gasteiger partial charge in [-0.3, -0.25) is 4.79 Å². The minimum absolute atomic E-state index is 0.171. The number of Topliss-reactive ketones (excluding diaryl/α,β-unsaturated/α-hetero) is 1. The number of nitrogens with one attached hydrogen (secondary N) is 1. The van der Waals surface area contributed by atoms with Gasteiger partial charge in [-0.05, 0) is 57.4 Å². The average Bonchev–Trinajstić information content (AvgIpc) is 2.91. The Bertz CT molecular complexity index is 280. The van der Waals surface area contributed by atoms with Gasteiger partial charge in [0.15, 0.2) is 5.78 Å². The Morgan fingerprint density at radius 1 is 1.33 bits per heavy atom. The fourth-order valence-corrected chi connectivity index (χ4v) is 4.08. The predicted molar refractivity (Wildman–Crippen MR) is 59.6 cm³/mol. The third-order valence-electron chi connectivity index (χ3n) is 4.99. The summed E-state index contributed by atoms with van der Waals surface area (Å²) in [5, 5.41) is 3.42. The van der Waals surface area contributed by atoms with E-state index in [0.29, 0.717) is 11.7 Å². The van der Waals surface area contributed by atoms with Crippen molar-refractivity contribution < 1.29 is 4.79 Å². The molecule has 4 atom stereocenters. The molecule has 1 heterocycles. The molecule has 84 valence electrons. The first-order valence-electron chi connectivity index (χ1n) is 6.48. The first-order valence-corrected chi connectivity index (χ1v) is 6.48. The lowest BCUT2D eigenvalue weighted by atomic mass is 9.78. The molecule has 2 aliphatic carbocycles. The van der Waals surface area contributed by atoms with E-state index in [1.165, 1.54) is 32.1 Å². The Labute approximate surface area is 91.8 Å². The van der Waals surface area contributed by atoms with Gasteiger partial charge >= 0.3 is 0 Å². The second-order valence-electron chi connectivity index (χ2n) is 6.01. The van der Waals surface area contributed by atoms with Crippen molar-refractivity contribution in [3.8, 4) is 0 Å². The van der Waals surface area contributed by atoms with Crippen LogP contribution >= 0.6 is 0 Å². The summed E-state index contributed by atoms with van der Waals surface area (Å²) in [4.78, 5) is 12.5. The first kappa shape index (κ1) is 9.83. The molecule has 0 aromatic heterocycles. The van der Waals surface area contributed by atoms with Crippen LogP contribution in [-0.2, 0) is 4.79 Å². The summed E-state index contributed by atoms with van der Waals surface area (Å²) in [5.41, 5.74) is -0.171. The van der Waals surface area contributed by atoms with Crippen molar-refractivity contribution >= 4 is 5.78 Å². The molecule has 1 N–H and O–H groups in total. The molecule has 0 aromatic rings. The Kier molecular flexibility index (Phi) is 2.17. The van der Waals surface area contributed by atoms with Crippen LogP contribution in [0.4, 0.5) is 0 Å². The van der Waals surface area contributed by atoms with Crippen LogP contribution in [0.3, 0.4) is 0 Å². The molecule has 15 heavy (non-hydrogen) atoms. The van der Waals surface area contributed by atoms with E-state index in [-0.39, 0.29) is 5.54 Å². The van der Waals surface area contributed by atoms with Crippen molar-refractivity contribution in [3.63, 3.8) is 0 Å². The van der Waals surface area contributed by atoms with E-state index in [9.17, 15) is 4.79 Å². The first-order chi connectivity index (χ1) is 7.19. The third-order valence-corrected chi connectivity index (χ3v) is 4.99. The lowest BCUT2D eigenvalue weighted by Gasteiger charge is -2.30. The summed E-state index contributed by atoms with van der Waals surface area (Å²) in [6.07, 6.45) is 7.46. The van der Waals surface area contributed by atoms with E-state index in [2.05, 4.69) is 12.2 Å². The van der Waals surface area contributed by atoms with Crippen LogP contribution in [0.25, 0.3) is 0 Å². The van der Waals surface area contributed by atoms with Crippen molar-refractivity contribution in [1.29, 1.82) is 0 Å². The van der Waals surface area contributed by atoms with Crippen molar-refractivity contribution in [2.45, 2.75) is 51.0 Å². The highest BCUT2D eigenvalue weighted by atomic mass is 16.1. The van der Waals surface area contributed by atoms with Crippen molar-refractivity contribution in [1.82, 2.24) is 5.32 Å². The summed E-state index contributed by atoms with van der Waals surface area (Å²) in [7, 11) is 0. The normalized spacial score (nSPS) is 48.7. The van der Waals surface area contributed by atoms with Gasteiger partial charge in [0, 0.05) is 5.92 Å². The largest absolute Gasteiger partial charge is 0.305 e. The molecule has 0 radical (unpaired) electrons. The number of fused-ring (bicyclic) bond motifs is 2. The van der Waals surface area contributed by atoms with Crippen LogP contribution in [0.1, 0.15) is 45.4 Å². The van der Waals surface area contributed by atoms with Gasteiger partial charge < -0.3 is 5.32 Å². The van der Waals surface area contributed by atoms with Gasteiger partial charge in [-0.25, -0.2) is 0 Å². The molecule has 0 aromatic carbocycles. The summed E-state index contributed by atoms with van der Waals surface area (Å²) in [6.45, 7) is 3.15. The standard InChI is InChI=1S/C13H21NO/c1-13(5-2-6-14-13)12(15)11-8-9-3-4-10(11)7-9/h9-11,14H,2-8H2,1H3. The Morgan fingerprint density at radius 3 is 2.73 bits per heavy atom. The van der Waals surface area contributed by atoms with Gasteiger partial charge in [0.05, 0.1) is 5.54 Å². The minimum atomic E-state index is -0.171. The summed E-state index contributed by atoms with van der Waals surface area (Å²) < 4.78 is 0. The average molecular weight is 207 g/mol. The number of carbonyl (C=O) groups excluding carboxylic acids is 1. The van der Waals surface area contributed by atoms with Crippen LogP contribution in [0, 0.1) is 17.8 Å². The van der Waals surface area contributed by atoms with Gasteiger partial charge in [-0.1, -0.05) is 6.42 Å². The molecule has 4 unspecified atom stereocenters. The second kappa shape index (κ2) is 3.31. The zero-order valence-corrected chi connectivity index (χ0v) is 9.59. The van der Waals surface area contributed by atoms with Gasteiger partial charge in [-0.15, -0.1) is 0 Å². The molecular formula is C13H21NO. The zero-order chi connectivity index (χ0) is 10.5. The minimum Gasteiger partial charge on any atom is -0.305 e. The summed E-state index contributed by atoms with van der Waals surface area (Å²) >= 11 is 0. The fraction of sp³-hybridized carbons (Fsp3) is 0.923. The molecule has 3 fully saturated rings. The van der Waals surface area contributed by atoms with Crippen molar-refractivity contribution in [2.75, 3.05) is 6.54 Å². The molecule has 2 saturated carbocycles. The molecular weight excluding hydrogens is 186 g/mol. The number of rotatable bonds is 2. The summed E-state index contributed by atoms with van der Waals surface area (Å²) in [5.74, 6) is 2.56. The highest BCUT2D eigenvalue weighted by Crippen LogP contribution is 2.50. The highest BCUT2D eigenvalue weighted by molar-refractivity contribution is 5.91. The number of hydrogen-bond donors (Lipinski definition) is 1. The summed E-state index contributed by atoms with van der Waals surface area (Å²) in [6, 6.07) is 0. The Hall–Kier alpha value is -0.370. The quantitative estimate of drug-likeness (QED) is 0.751. The van der Waals surface area contributed by atoms with Crippen LogP contribution in [0.2, 0.25) is 0 Å². The maximum Gasteiger partial charge on any atom is 0.155 e. The molecule has 3 aliphatic rings. The Morgan fingerprint density at radius 2 is 2.20 bits per heavy atom. The smallest absolute Gasteiger partial charge is 0.155 e. The van der Waals surface area contributed by atoms with E-state index < -0.39 is 0 Å². The van der Waals surface area contributed by atoms with Crippen LogP contribution < -0.4 is 5.32 Å². The predicted octanol–water partition coefficient (Wildman–Crippen LogP) is 2.13. The van der Waals surface area contributed by atoms with Crippen molar-refractivity contribution in [2.24, 2.45) is 17.8 Å². The molecule has 1 aliphatic heterocycles. The van der Waals surface area contributed by atoms with Crippen LogP contribution in [-0.4, -0.2) is 17.9 Å². The maximum absolute atomic E-state index is 12.5. The number of carbonyl (C=O) groups is 1. The second-order valence-corrected chi connectivity index (χ2v) is 6.01. The van der Waals surface area contributed by atoms with E-state index in [1.54, 1.807) is 0 Å². The van der Waals surface area contributed by atoms with Gasteiger partial charge in [0.25, 0.3) is 0 Å². The van der Waals surface area contributed by atoms with Gasteiger partial charge in [-0.2, -0.15) is 0 Å². The maximum atomic E-state index is 12.5. The molecule has 2 nitrogen and oxygen atoms in total. The SMILES string of the molecule is CC1(C(=O)C2CC3CCC2C3)CCCN1. The lowest BCUT2D eigenvalue weighted by Crippen LogP contribution is -2.48. The molecule has 1 saturated heterocycles. The van der Waals surface area contributed by atoms with E-state index in [0.717, 1.165) is 24.8 Å². The molecule has 3 rings (SSSR count). The van der Waals surface area contributed by atoms with Gasteiger partial charge in [0.1, 0.15) is 0 Å². The number of ketones is 1. The van der Waals surface area contributed by atoms with Gasteiger partial charge in [0.2, 0.25) is 0 Å². The monoisotopic (exact) mass is 207 g/mol. The topological polar surface area (TPSA) is 29.1 Å². The van der Waals surface area contributed by atoms with Crippen molar-refractivity contribution in [3.05, 3.63) is 0 Å². The van der Waals surface area contributed by atoms with E-state index in [1.807, 2.05) is 0 Å². The fourth-order valence-electron chi connectivity index (χ4n) is 4.08. The third kappa shape index (κ3) is 1.45. The van der Waals surface area contributed by atoms with E-state index >= 15 is 0 Å². The highest BCUT2D eigenvalue weighted by Gasteiger charge is 2.48. The molecule has 2 bridgehead atoms. The lowest BCUT2D eigenvalue weighted by molar-refractivity contribution is -0.129. The van der Waals surface area contributed by atoms with E-state index in [4.69, 9.17) is 0 Å². The van der Waals surface area contributed by atoms with Crippen LogP contribution in [0.15, 0.2) is 0 Å². The molecule has 2 heteroatoms. The molecule has 0 amide bonds. The number of hydrogen-bond acceptors (Lipinski definition) is 2. The van der Waals surface area contributed by atoms with Crippen LogP contribution in [0.5, 0.6) is 0 Å². The molecule has 0 spiro atoms. The Balaban J connectivity index is 1.74.